The van der Waals surface area contributed by atoms with Gasteiger partial charge in [0.05, 0.1) is 6.10 Å². The molecule has 78 valence electrons. The van der Waals surface area contributed by atoms with Crippen LogP contribution in [0.4, 0.5) is 8.78 Å². The molecule has 0 spiro atoms. The van der Waals surface area contributed by atoms with Crippen molar-refractivity contribution in [2.75, 3.05) is 6.61 Å². The van der Waals surface area contributed by atoms with Crippen LogP contribution in [-0.2, 0) is 4.74 Å². The van der Waals surface area contributed by atoms with E-state index in [1.165, 1.54) is 0 Å². The van der Waals surface area contributed by atoms with Crippen molar-refractivity contribution >= 4 is 11.6 Å². The van der Waals surface area contributed by atoms with Gasteiger partial charge in [-0.15, -0.1) is 11.6 Å². The van der Waals surface area contributed by atoms with Gasteiger partial charge in [0, 0.05) is 10.8 Å². The molecular formula is C9H15ClF2O. The van der Waals surface area contributed by atoms with E-state index in [0.717, 1.165) is 6.42 Å². The van der Waals surface area contributed by atoms with Gasteiger partial charge in [-0.1, -0.05) is 13.8 Å². The molecule has 0 saturated heterocycles. The molecule has 1 rings (SSSR count). The molecule has 0 heterocycles. The summed E-state index contributed by atoms with van der Waals surface area (Å²) in [5.41, 5.74) is -0.115. The van der Waals surface area contributed by atoms with E-state index in [4.69, 9.17) is 16.3 Å². The molecule has 4 heteroatoms. The zero-order valence-electron chi connectivity index (χ0n) is 7.90. The van der Waals surface area contributed by atoms with Gasteiger partial charge in [-0.25, -0.2) is 8.78 Å². The van der Waals surface area contributed by atoms with Gasteiger partial charge in [-0.3, -0.25) is 0 Å². The minimum absolute atomic E-state index is 0.0696. The molecule has 0 aromatic carbocycles. The predicted octanol–water partition coefficient (Wildman–Crippen LogP) is 3.06. The summed E-state index contributed by atoms with van der Waals surface area (Å²) >= 11 is 6.00. The van der Waals surface area contributed by atoms with E-state index in [1.807, 2.05) is 13.8 Å². The third kappa shape index (κ3) is 2.13. The fourth-order valence-electron chi connectivity index (χ4n) is 1.66. The molecule has 0 N–H and O–H groups in total. The van der Waals surface area contributed by atoms with Crippen LogP contribution < -0.4 is 0 Å². The molecule has 0 aliphatic heterocycles. The van der Waals surface area contributed by atoms with E-state index in [1.54, 1.807) is 0 Å². The quantitative estimate of drug-likeness (QED) is 0.651. The molecule has 1 aliphatic rings. The van der Waals surface area contributed by atoms with Crippen molar-refractivity contribution in [3.63, 3.8) is 0 Å². The van der Waals surface area contributed by atoms with Crippen molar-refractivity contribution in [3.8, 4) is 0 Å². The Bertz CT molecular complexity index is 177. The second kappa shape index (κ2) is 4.09. The van der Waals surface area contributed by atoms with Crippen LogP contribution in [0.15, 0.2) is 0 Å². The van der Waals surface area contributed by atoms with Crippen LogP contribution in [0.25, 0.3) is 0 Å². The first-order valence-corrected chi connectivity index (χ1v) is 4.98. The van der Waals surface area contributed by atoms with E-state index in [9.17, 15) is 8.78 Å². The zero-order chi connectivity index (χ0) is 10.1. The van der Waals surface area contributed by atoms with E-state index >= 15 is 0 Å². The van der Waals surface area contributed by atoms with Gasteiger partial charge < -0.3 is 4.74 Å². The highest BCUT2D eigenvalue weighted by molar-refractivity contribution is 6.21. The molecular weight excluding hydrogens is 198 g/mol. The van der Waals surface area contributed by atoms with Crippen LogP contribution in [0, 0.1) is 5.41 Å². The summed E-state index contributed by atoms with van der Waals surface area (Å²) in [6, 6.07) is 0. The molecule has 0 radical (unpaired) electrons. The maximum absolute atomic E-state index is 11.9. The Morgan fingerprint density at radius 3 is 2.62 bits per heavy atom. The van der Waals surface area contributed by atoms with Gasteiger partial charge in [0.1, 0.15) is 6.61 Å². The largest absolute Gasteiger partial charge is 0.372 e. The lowest BCUT2D eigenvalue weighted by molar-refractivity contribution is -0.125. The summed E-state index contributed by atoms with van der Waals surface area (Å²) in [6.07, 6.45) is -0.905. The first-order valence-electron chi connectivity index (χ1n) is 4.54. The second-order valence-electron chi connectivity index (χ2n) is 3.78. The topological polar surface area (TPSA) is 9.23 Å². The van der Waals surface area contributed by atoms with Crippen LogP contribution in [0.5, 0.6) is 0 Å². The first kappa shape index (κ1) is 11.2. The van der Waals surface area contributed by atoms with E-state index in [2.05, 4.69) is 0 Å². The summed E-state index contributed by atoms with van der Waals surface area (Å²) in [4.78, 5) is 0. The summed E-state index contributed by atoms with van der Waals surface area (Å²) in [5.74, 6) is 0. The Labute approximate surface area is 82.4 Å². The van der Waals surface area contributed by atoms with Gasteiger partial charge in [-0.05, 0) is 12.8 Å². The molecule has 0 aromatic heterocycles. The minimum Gasteiger partial charge on any atom is -0.372 e. The fourth-order valence-corrected chi connectivity index (χ4v) is 2.12. The minimum atomic E-state index is -2.38. The third-order valence-electron chi connectivity index (χ3n) is 3.06. The highest BCUT2D eigenvalue weighted by Crippen LogP contribution is 2.49. The van der Waals surface area contributed by atoms with E-state index < -0.39 is 13.0 Å². The molecule has 0 bridgehead atoms. The monoisotopic (exact) mass is 212 g/mol. The van der Waals surface area contributed by atoms with Gasteiger partial charge >= 0.3 is 0 Å². The van der Waals surface area contributed by atoms with Crippen molar-refractivity contribution in [1.82, 2.24) is 0 Å². The van der Waals surface area contributed by atoms with Crippen LogP contribution in [0.3, 0.4) is 0 Å². The molecule has 1 saturated carbocycles. The summed E-state index contributed by atoms with van der Waals surface area (Å²) in [5, 5.41) is 0.0696. The number of ether oxygens (including phenoxy) is 1. The van der Waals surface area contributed by atoms with Crippen molar-refractivity contribution < 1.29 is 13.5 Å². The van der Waals surface area contributed by atoms with Gasteiger partial charge in [0.2, 0.25) is 0 Å². The Kier molecular flexibility index (Phi) is 3.52. The van der Waals surface area contributed by atoms with E-state index in [-0.39, 0.29) is 16.9 Å². The zero-order valence-corrected chi connectivity index (χ0v) is 8.65. The summed E-state index contributed by atoms with van der Waals surface area (Å²) < 4.78 is 28.8. The van der Waals surface area contributed by atoms with Gasteiger partial charge in [0.25, 0.3) is 6.43 Å². The van der Waals surface area contributed by atoms with Crippen LogP contribution in [0.2, 0.25) is 0 Å². The summed E-state index contributed by atoms with van der Waals surface area (Å²) in [6.45, 7) is 3.53. The molecule has 13 heavy (non-hydrogen) atoms. The molecule has 0 aromatic rings. The number of halogens is 3. The smallest absolute Gasteiger partial charge is 0.261 e. The lowest BCUT2D eigenvalue weighted by Gasteiger charge is -2.50. The SMILES string of the molecule is CCC1(C)C(Cl)CC1OCC(F)F. The van der Waals surface area contributed by atoms with Gasteiger partial charge in [0.15, 0.2) is 0 Å². The standard InChI is InChI=1S/C9H15ClF2O/c1-3-9(2)6(10)4-7(9)13-5-8(11)12/h6-8H,3-5H2,1-2H3. The highest BCUT2D eigenvalue weighted by atomic mass is 35.5. The Morgan fingerprint density at radius 2 is 2.23 bits per heavy atom. The normalized spacial score (nSPS) is 39.2. The fraction of sp³-hybridized carbons (Fsp3) is 1.00. The molecule has 1 aliphatic carbocycles. The lowest BCUT2D eigenvalue weighted by Crippen LogP contribution is -2.53. The number of alkyl halides is 3. The number of hydrogen-bond acceptors (Lipinski definition) is 1. The Morgan fingerprint density at radius 1 is 1.62 bits per heavy atom. The molecule has 1 fully saturated rings. The average molecular weight is 213 g/mol. The molecule has 0 amide bonds. The second-order valence-corrected chi connectivity index (χ2v) is 4.30. The highest BCUT2D eigenvalue weighted by Gasteiger charge is 2.50. The lowest BCUT2D eigenvalue weighted by atomic mass is 9.65. The van der Waals surface area contributed by atoms with Crippen molar-refractivity contribution in [2.45, 2.75) is 44.6 Å². The Balaban J connectivity index is 2.37. The van der Waals surface area contributed by atoms with Crippen LogP contribution in [0.1, 0.15) is 26.7 Å². The molecule has 1 nitrogen and oxygen atoms in total. The summed E-state index contributed by atoms with van der Waals surface area (Å²) in [7, 11) is 0. The third-order valence-corrected chi connectivity index (χ3v) is 3.73. The van der Waals surface area contributed by atoms with Gasteiger partial charge in [-0.2, -0.15) is 0 Å². The predicted molar refractivity (Wildman–Crippen MR) is 48.4 cm³/mol. The molecule has 3 unspecified atom stereocenters. The maximum Gasteiger partial charge on any atom is 0.261 e. The number of hydrogen-bond donors (Lipinski definition) is 0. The average Bonchev–Trinajstić information content (AvgIpc) is 2.10. The van der Waals surface area contributed by atoms with Crippen molar-refractivity contribution in [3.05, 3.63) is 0 Å². The van der Waals surface area contributed by atoms with E-state index in [0.29, 0.717) is 6.42 Å². The van der Waals surface area contributed by atoms with Crippen LogP contribution in [-0.4, -0.2) is 24.5 Å². The first-order chi connectivity index (χ1) is 6.00. The maximum atomic E-state index is 11.9. The van der Waals surface area contributed by atoms with Crippen molar-refractivity contribution in [2.24, 2.45) is 5.41 Å². The Hall–Kier alpha value is 0.110. The van der Waals surface area contributed by atoms with Crippen LogP contribution >= 0.6 is 11.6 Å². The van der Waals surface area contributed by atoms with Crippen molar-refractivity contribution in [1.29, 1.82) is 0 Å². The number of rotatable bonds is 4. The molecule has 3 atom stereocenters.